The van der Waals surface area contributed by atoms with Crippen molar-refractivity contribution in [2.45, 2.75) is 59.0 Å². The molecule has 0 saturated heterocycles. The average Bonchev–Trinajstić information content (AvgIpc) is 2.58. The summed E-state index contributed by atoms with van der Waals surface area (Å²) in [5.74, 6) is 0. The number of rotatable bonds is 2. The molecule has 1 aromatic rings. The molecule has 16 heavy (non-hydrogen) atoms. The highest BCUT2D eigenvalue weighted by atomic mass is 32.1. The van der Waals surface area contributed by atoms with Gasteiger partial charge in [0.25, 0.3) is 0 Å². The van der Waals surface area contributed by atoms with Crippen LogP contribution in [0.2, 0.25) is 0 Å². The van der Waals surface area contributed by atoms with E-state index in [2.05, 4.69) is 26.8 Å². The highest BCUT2D eigenvalue weighted by molar-refractivity contribution is 7.12. The highest BCUT2D eigenvalue weighted by Gasteiger charge is 2.36. The van der Waals surface area contributed by atoms with E-state index in [1.165, 1.54) is 47.4 Å². The summed E-state index contributed by atoms with van der Waals surface area (Å²) in [5, 5.41) is 10.6. The fourth-order valence-electron chi connectivity index (χ4n) is 2.93. The smallest absolute Gasteiger partial charge is 0.0854 e. The molecule has 2 rings (SSSR count). The molecule has 1 atom stereocenters. The number of aryl methyl sites for hydroxylation is 2. The Hall–Kier alpha value is -0.340. The van der Waals surface area contributed by atoms with E-state index in [0.717, 1.165) is 0 Å². The van der Waals surface area contributed by atoms with Crippen LogP contribution in [-0.4, -0.2) is 5.11 Å². The minimum atomic E-state index is -0.266. The van der Waals surface area contributed by atoms with E-state index in [-0.39, 0.29) is 11.5 Å². The first-order valence-corrected chi connectivity index (χ1v) is 7.09. The molecule has 1 N–H and O–H groups in total. The van der Waals surface area contributed by atoms with Crippen LogP contribution in [0.4, 0.5) is 0 Å². The summed E-state index contributed by atoms with van der Waals surface area (Å²) in [6, 6.07) is 2.17. The molecule has 0 aromatic carbocycles. The van der Waals surface area contributed by atoms with E-state index in [0.29, 0.717) is 0 Å². The molecule has 0 bridgehead atoms. The van der Waals surface area contributed by atoms with Gasteiger partial charge >= 0.3 is 0 Å². The van der Waals surface area contributed by atoms with Crippen LogP contribution in [0.5, 0.6) is 0 Å². The number of hydrogen-bond acceptors (Lipinski definition) is 2. The van der Waals surface area contributed by atoms with Crippen molar-refractivity contribution in [1.29, 1.82) is 0 Å². The molecule has 1 nitrogen and oxygen atoms in total. The molecule has 0 radical (unpaired) electrons. The highest BCUT2D eigenvalue weighted by Crippen LogP contribution is 2.47. The second-order valence-corrected chi connectivity index (χ2v) is 6.95. The van der Waals surface area contributed by atoms with Crippen molar-refractivity contribution in [3.05, 3.63) is 21.4 Å². The van der Waals surface area contributed by atoms with Crippen molar-refractivity contribution in [3.63, 3.8) is 0 Å². The van der Waals surface area contributed by atoms with E-state index >= 15 is 0 Å². The predicted octanol–water partition coefficient (Wildman–Crippen LogP) is 4.37. The fraction of sp³-hybridized carbons (Fsp3) is 0.714. The summed E-state index contributed by atoms with van der Waals surface area (Å²) in [4.78, 5) is 2.60. The first-order valence-electron chi connectivity index (χ1n) is 6.28. The number of hydrogen-bond donors (Lipinski definition) is 1. The molecule has 1 fully saturated rings. The fourth-order valence-corrected chi connectivity index (χ4v) is 3.89. The summed E-state index contributed by atoms with van der Waals surface area (Å²) in [6.45, 7) is 6.50. The maximum absolute atomic E-state index is 10.6. The summed E-state index contributed by atoms with van der Waals surface area (Å²) in [5.41, 5.74) is 1.28. The van der Waals surface area contributed by atoms with Crippen molar-refractivity contribution in [3.8, 4) is 0 Å². The molecule has 1 aliphatic rings. The van der Waals surface area contributed by atoms with Gasteiger partial charge in [-0.15, -0.1) is 11.3 Å². The van der Waals surface area contributed by atoms with Gasteiger partial charge in [0.1, 0.15) is 0 Å². The third-order valence-electron chi connectivity index (χ3n) is 4.03. The van der Waals surface area contributed by atoms with Gasteiger partial charge in [0.15, 0.2) is 0 Å². The minimum Gasteiger partial charge on any atom is -0.388 e. The SMILES string of the molecule is Cc1cc(C(O)C2(C)CCCCC2)c(C)s1. The molecule has 0 spiro atoms. The van der Waals surface area contributed by atoms with Crippen LogP contribution in [-0.2, 0) is 0 Å². The molecule has 90 valence electrons. The van der Waals surface area contributed by atoms with Gasteiger partial charge in [-0.1, -0.05) is 26.2 Å². The second-order valence-electron chi connectivity index (χ2n) is 5.49. The van der Waals surface area contributed by atoms with Gasteiger partial charge in [-0.2, -0.15) is 0 Å². The summed E-state index contributed by atoms with van der Waals surface area (Å²) in [6.07, 6.45) is 5.96. The van der Waals surface area contributed by atoms with Gasteiger partial charge in [-0.25, -0.2) is 0 Å². The minimum absolute atomic E-state index is 0.108. The molecular weight excluding hydrogens is 216 g/mol. The Balaban J connectivity index is 2.23. The first-order chi connectivity index (χ1) is 7.53. The lowest BCUT2D eigenvalue weighted by molar-refractivity contribution is 0.00809. The van der Waals surface area contributed by atoms with Crippen LogP contribution < -0.4 is 0 Å². The molecule has 1 aromatic heterocycles. The monoisotopic (exact) mass is 238 g/mol. The van der Waals surface area contributed by atoms with Gasteiger partial charge in [0.2, 0.25) is 0 Å². The lowest BCUT2D eigenvalue weighted by Crippen LogP contribution is -2.28. The Morgan fingerprint density at radius 2 is 1.88 bits per heavy atom. The third-order valence-corrected chi connectivity index (χ3v) is 5.01. The molecule has 1 unspecified atom stereocenters. The Morgan fingerprint density at radius 3 is 2.38 bits per heavy atom. The molecule has 1 heterocycles. The quantitative estimate of drug-likeness (QED) is 0.811. The van der Waals surface area contributed by atoms with Crippen molar-refractivity contribution in [2.24, 2.45) is 5.41 Å². The molecule has 1 aliphatic carbocycles. The van der Waals surface area contributed by atoms with Crippen molar-refractivity contribution >= 4 is 11.3 Å². The van der Waals surface area contributed by atoms with Gasteiger partial charge in [-0.3, -0.25) is 0 Å². The van der Waals surface area contributed by atoms with Crippen LogP contribution >= 0.6 is 11.3 Å². The molecule has 1 saturated carbocycles. The lowest BCUT2D eigenvalue weighted by Gasteiger charge is -2.38. The van der Waals surface area contributed by atoms with Crippen LogP contribution in [0.3, 0.4) is 0 Å². The summed E-state index contributed by atoms with van der Waals surface area (Å²) >= 11 is 1.80. The lowest BCUT2D eigenvalue weighted by atomic mass is 9.70. The molecule has 0 amide bonds. The number of thiophene rings is 1. The second kappa shape index (κ2) is 4.50. The van der Waals surface area contributed by atoms with Crippen LogP contribution in [0.25, 0.3) is 0 Å². The van der Waals surface area contributed by atoms with E-state index in [1.807, 2.05) is 0 Å². The van der Waals surface area contributed by atoms with Crippen LogP contribution in [0, 0.1) is 19.3 Å². The van der Waals surface area contributed by atoms with E-state index < -0.39 is 0 Å². The van der Waals surface area contributed by atoms with Crippen LogP contribution in [0.1, 0.15) is 60.4 Å². The normalized spacial score (nSPS) is 22.0. The largest absolute Gasteiger partial charge is 0.388 e. The third kappa shape index (κ3) is 2.18. The van der Waals surface area contributed by atoms with E-state index in [9.17, 15) is 5.11 Å². The van der Waals surface area contributed by atoms with Crippen molar-refractivity contribution in [1.82, 2.24) is 0 Å². The molecule has 2 heteroatoms. The maximum atomic E-state index is 10.6. The Morgan fingerprint density at radius 1 is 1.25 bits per heavy atom. The number of aliphatic hydroxyl groups excluding tert-OH is 1. The van der Waals surface area contributed by atoms with Crippen molar-refractivity contribution < 1.29 is 5.11 Å². The Labute approximate surface area is 103 Å². The maximum Gasteiger partial charge on any atom is 0.0854 e. The zero-order chi connectivity index (χ0) is 11.8. The van der Waals surface area contributed by atoms with Crippen LogP contribution in [0.15, 0.2) is 6.07 Å². The van der Waals surface area contributed by atoms with Crippen molar-refractivity contribution in [2.75, 3.05) is 0 Å². The molecule has 0 aliphatic heterocycles. The Bertz CT molecular complexity index is 361. The van der Waals surface area contributed by atoms with E-state index in [1.54, 1.807) is 11.3 Å². The number of aliphatic hydroxyl groups is 1. The van der Waals surface area contributed by atoms with Gasteiger partial charge < -0.3 is 5.11 Å². The zero-order valence-corrected chi connectivity index (χ0v) is 11.4. The standard InChI is InChI=1S/C14H22OS/c1-10-9-12(11(2)16-10)13(15)14(3)7-5-4-6-8-14/h9,13,15H,4-8H2,1-3H3. The Kier molecular flexibility index (Phi) is 3.41. The first kappa shape index (κ1) is 12.1. The average molecular weight is 238 g/mol. The van der Waals surface area contributed by atoms with Gasteiger partial charge in [-0.05, 0) is 43.7 Å². The summed E-state index contributed by atoms with van der Waals surface area (Å²) in [7, 11) is 0. The van der Waals surface area contributed by atoms with E-state index in [4.69, 9.17) is 0 Å². The molecular formula is C14H22OS. The zero-order valence-electron chi connectivity index (χ0n) is 10.5. The predicted molar refractivity (Wildman–Crippen MR) is 69.9 cm³/mol. The van der Waals surface area contributed by atoms with Gasteiger partial charge in [0.05, 0.1) is 6.10 Å². The summed E-state index contributed by atoms with van der Waals surface area (Å²) < 4.78 is 0. The topological polar surface area (TPSA) is 20.2 Å². The van der Waals surface area contributed by atoms with Gasteiger partial charge in [0, 0.05) is 9.75 Å².